The highest BCUT2D eigenvalue weighted by Crippen LogP contribution is 2.27. The number of nitrogens with zero attached hydrogens (tertiary/aromatic N) is 3. The molecule has 108 valence electrons. The van der Waals surface area contributed by atoms with Crippen molar-refractivity contribution in [2.24, 2.45) is 0 Å². The van der Waals surface area contributed by atoms with Crippen LogP contribution in [0, 0.1) is 11.3 Å². The molecule has 0 atom stereocenters. The molecule has 0 aliphatic carbocycles. The lowest BCUT2D eigenvalue weighted by Crippen LogP contribution is -2.13. The van der Waals surface area contributed by atoms with E-state index in [1.165, 1.54) is 23.1 Å². The van der Waals surface area contributed by atoms with Crippen molar-refractivity contribution in [2.45, 2.75) is 15.1 Å². The van der Waals surface area contributed by atoms with Gasteiger partial charge in [-0.05, 0) is 18.4 Å². The number of benzene rings is 1. The molecule has 1 aromatic heterocycles. The zero-order chi connectivity index (χ0) is 15.1. The standard InChI is InChI=1S/C13H12N4OS3/c1-19-12-16-17-13(21-12)20-7-6-11(18)15-10-5-3-2-4-9(10)8-14/h2-5H,6-7H2,1H3,(H,15,18). The normalized spacial score (nSPS) is 10.1. The molecule has 0 fully saturated rings. The quantitative estimate of drug-likeness (QED) is 0.816. The number of carbonyl (C=O) groups is 1. The van der Waals surface area contributed by atoms with Crippen LogP contribution in [-0.4, -0.2) is 28.1 Å². The number of rotatable bonds is 6. The molecule has 0 saturated heterocycles. The average molecular weight is 336 g/mol. The molecule has 21 heavy (non-hydrogen) atoms. The van der Waals surface area contributed by atoms with Crippen LogP contribution in [0.3, 0.4) is 0 Å². The minimum Gasteiger partial charge on any atom is -0.325 e. The molecule has 5 nitrogen and oxygen atoms in total. The highest BCUT2D eigenvalue weighted by Gasteiger charge is 2.08. The summed E-state index contributed by atoms with van der Waals surface area (Å²) in [5.41, 5.74) is 1.02. The third kappa shape index (κ3) is 4.74. The molecule has 0 spiro atoms. The third-order valence-electron chi connectivity index (χ3n) is 2.44. The maximum absolute atomic E-state index is 11.9. The number of anilines is 1. The van der Waals surface area contributed by atoms with Crippen molar-refractivity contribution in [1.82, 2.24) is 10.2 Å². The first-order valence-corrected chi connectivity index (χ1v) is 9.05. The van der Waals surface area contributed by atoms with Crippen LogP contribution in [0.5, 0.6) is 0 Å². The summed E-state index contributed by atoms with van der Waals surface area (Å²) in [6, 6.07) is 9.01. The van der Waals surface area contributed by atoms with Crippen molar-refractivity contribution in [3.63, 3.8) is 0 Å². The minimum absolute atomic E-state index is 0.111. The fourth-order valence-corrected chi connectivity index (χ4v) is 3.92. The Morgan fingerprint density at radius 2 is 2.14 bits per heavy atom. The molecule has 1 aromatic carbocycles. The summed E-state index contributed by atoms with van der Waals surface area (Å²) >= 11 is 4.59. The van der Waals surface area contributed by atoms with E-state index in [1.807, 2.05) is 6.26 Å². The number of nitriles is 1. The van der Waals surface area contributed by atoms with Gasteiger partial charge < -0.3 is 5.32 Å². The van der Waals surface area contributed by atoms with Crippen molar-refractivity contribution >= 4 is 46.5 Å². The fourth-order valence-electron chi connectivity index (χ4n) is 1.47. The number of para-hydroxylation sites is 1. The Hall–Kier alpha value is -1.56. The predicted molar refractivity (Wildman–Crippen MR) is 86.8 cm³/mol. The summed E-state index contributed by atoms with van der Waals surface area (Å²) in [6.45, 7) is 0. The van der Waals surface area contributed by atoms with Gasteiger partial charge in [-0.2, -0.15) is 5.26 Å². The number of amides is 1. The number of hydrogen-bond acceptors (Lipinski definition) is 7. The molecule has 2 rings (SSSR count). The van der Waals surface area contributed by atoms with Crippen LogP contribution in [0.4, 0.5) is 5.69 Å². The Kier molecular flexibility index (Phi) is 6.04. The minimum atomic E-state index is -0.111. The Morgan fingerprint density at radius 3 is 2.86 bits per heavy atom. The van der Waals surface area contributed by atoms with Crippen molar-refractivity contribution in [3.8, 4) is 6.07 Å². The second kappa shape index (κ2) is 8.02. The van der Waals surface area contributed by atoms with Crippen LogP contribution in [0.2, 0.25) is 0 Å². The van der Waals surface area contributed by atoms with E-state index in [9.17, 15) is 4.79 Å². The molecule has 2 aromatic rings. The molecule has 0 aliphatic heterocycles. The summed E-state index contributed by atoms with van der Waals surface area (Å²) in [5, 5.41) is 19.7. The van der Waals surface area contributed by atoms with Crippen LogP contribution in [0.1, 0.15) is 12.0 Å². The summed E-state index contributed by atoms with van der Waals surface area (Å²) in [4.78, 5) is 11.9. The molecule has 0 saturated carbocycles. The van der Waals surface area contributed by atoms with Gasteiger partial charge in [0.1, 0.15) is 6.07 Å². The monoisotopic (exact) mass is 336 g/mol. The number of carbonyl (C=O) groups excluding carboxylic acids is 1. The zero-order valence-corrected chi connectivity index (χ0v) is 13.6. The molecule has 0 unspecified atom stereocenters. The predicted octanol–water partition coefficient (Wildman–Crippen LogP) is 3.25. The lowest BCUT2D eigenvalue weighted by Gasteiger charge is -2.05. The summed E-state index contributed by atoms with van der Waals surface area (Å²) in [7, 11) is 0. The van der Waals surface area contributed by atoms with Crippen molar-refractivity contribution in [3.05, 3.63) is 29.8 Å². The highest BCUT2D eigenvalue weighted by molar-refractivity contribution is 8.02. The number of nitrogens with one attached hydrogen (secondary N) is 1. The van der Waals surface area contributed by atoms with Gasteiger partial charge in [-0.15, -0.1) is 10.2 Å². The molecule has 1 heterocycles. The van der Waals surface area contributed by atoms with Gasteiger partial charge in [-0.1, -0.05) is 47.0 Å². The SMILES string of the molecule is CSc1nnc(SCCC(=O)Nc2ccccc2C#N)s1. The summed E-state index contributed by atoms with van der Waals surface area (Å²) in [5.74, 6) is 0.517. The number of aromatic nitrogens is 2. The molecular formula is C13H12N4OS3. The van der Waals surface area contributed by atoms with Crippen LogP contribution < -0.4 is 5.32 Å². The maximum Gasteiger partial charge on any atom is 0.225 e. The first kappa shape index (κ1) is 15.8. The Labute approximate surface area is 135 Å². The fraction of sp³-hybridized carbons (Fsp3) is 0.231. The lowest BCUT2D eigenvalue weighted by atomic mass is 10.2. The van der Waals surface area contributed by atoms with E-state index in [0.717, 1.165) is 8.68 Å². The van der Waals surface area contributed by atoms with Crippen LogP contribution in [-0.2, 0) is 4.79 Å². The first-order valence-electron chi connectivity index (χ1n) is 6.02. The Balaban J connectivity index is 1.81. The van der Waals surface area contributed by atoms with Gasteiger partial charge in [0.2, 0.25) is 5.91 Å². The van der Waals surface area contributed by atoms with Gasteiger partial charge in [0.25, 0.3) is 0 Å². The molecule has 0 radical (unpaired) electrons. The van der Waals surface area contributed by atoms with Crippen LogP contribution in [0.15, 0.2) is 32.9 Å². The first-order chi connectivity index (χ1) is 10.2. The second-order valence-corrected chi connectivity index (χ2v) is 7.21. The van der Waals surface area contributed by atoms with Gasteiger partial charge >= 0.3 is 0 Å². The highest BCUT2D eigenvalue weighted by atomic mass is 32.2. The van der Waals surface area contributed by atoms with E-state index in [0.29, 0.717) is 23.4 Å². The van der Waals surface area contributed by atoms with E-state index < -0.39 is 0 Å². The lowest BCUT2D eigenvalue weighted by molar-refractivity contribution is -0.115. The van der Waals surface area contributed by atoms with Gasteiger partial charge in [-0.3, -0.25) is 4.79 Å². The Bertz CT molecular complexity index is 665. The molecular weight excluding hydrogens is 324 g/mol. The van der Waals surface area contributed by atoms with E-state index in [2.05, 4.69) is 21.6 Å². The number of hydrogen-bond donors (Lipinski definition) is 1. The van der Waals surface area contributed by atoms with E-state index >= 15 is 0 Å². The van der Waals surface area contributed by atoms with Crippen molar-refractivity contribution in [1.29, 1.82) is 5.26 Å². The van der Waals surface area contributed by atoms with E-state index in [-0.39, 0.29) is 5.91 Å². The van der Waals surface area contributed by atoms with Crippen LogP contribution >= 0.6 is 34.9 Å². The molecule has 8 heteroatoms. The number of thioether (sulfide) groups is 2. The van der Waals surface area contributed by atoms with Gasteiger partial charge in [0.15, 0.2) is 8.68 Å². The van der Waals surface area contributed by atoms with Crippen LogP contribution in [0.25, 0.3) is 0 Å². The van der Waals surface area contributed by atoms with Crippen molar-refractivity contribution in [2.75, 3.05) is 17.3 Å². The summed E-state index contributed by atoms with van der Waals surface area (Å²) in [6.07, 6.45) is 2.31. The molecule has 1 N–H and O–H groups in total. The van der Waals surface area contributed by atoms with E-state index in [4.69, 9.17) is 5.26 Å². The summed E-state index contributed by atoms with van der Waals surface area (Å²) < 4.78 is 1.79. The van der Waals surface area contributed by atoms with E-state index in [1.54, 1.807) is 36.0 Å². The third-order valence-corrected chi connectivity index (χ3v) is 5.47. The Morgan fingerprint density at radius 1 is 1.38 bits per heavy atom. The second-order valence-electron chi connectivity index (χ2n) is 3.84. The maximum atomic E-state index is 11.9. The van der Waals surface area contributed by atoms with Crippen molar-refractivity contribution < 1.29 is 4.79 Å². The smallest absolute Gasteiger partial charge is 0.225 e. The topological polar surface area (TPSA) is 78.7 Å². The van der Waals surface area contributed by atoms with Gasteiger partial charge in [0, 0.05) is 12.2 Å². The largest absolute Gasteiger partial charge is 0.325 e. The van der Waals surface area contributed by atoms with Gasteiger partial charge in [-0.25, -0.2) is 0 Å². The van der Waals surface area contributed by atoms with Gasteiger partial charge in [0.05, 0.1) is 11.3 Å². The molecule has 0 aliphatic rings. The molecule has 1 amide bonds. The zero-order valence-electron chi connectivity index (χ0n) is 11.2. The average Bonchev–Trinajstić information content (AvgIpc) is 2.96. The molecule has 0 bridgehead atoms.